The summed E-state index contributed by atoms with van der Waals surface area (Å²) in [6.07, 6.45) is 11.1. The van der Waals surface area contributed by atoms with E-state index in [-0.39, 0.29) is 31.5 Å². The lowest BCUT2D eigenvalue weighted by molar-refractivity contribution is -0.148. The molecular weight excluding hydrogens is 835 g/mol. The monoisotopic (exact) mass is 887 g/mol. The second-order valence-corrected chi connectivity index (χ2v) is 18.4. The van der Waals surface area contributed by atoms with E-state index in [9.17, 15) is 9.59 Å². The van der Waals surface area contributed by atoms with Crippen molar-refractivity contribution >= 4 is 46.2 Å². The first-order valence-corrected chi connectivity index (χ1v) is 23.7. The summed E-state index contributed by atoms with van der Waals surface area (Å²) in [7, 11) is 1.75. The molecule has 2 heterocycles. The molecule has 1 saturated carbocycles. The Morgan fingerprint density at radius 2 is 1.49 bits per heavy atom. The molecule has 10 heteroatoms. The average Bonchev–Trinajstić information content (AvgIpc) is 3.44. The number of anilines is 1. The highest BCUT2D eigenvalue weighted by molar-refractivity contribution is 7.99. The number of hydrogen-bond acceptors (Lipinski definition) is 9. The Kier molecular flexibility index (Phi) is 12.0. The molecule has 0 aromatic heterocycles. The normalized spacial score (nSPS) is 18.3. The number of methoxy groups -OCH3 is 1. The first-order valence-electron chi connectivity index (χ1n) is 22.8. The van der Waals surface area contributed by atoms with Gasteiger partial charge in [-0.15, -0.1) is 0 Å². The molecule has 6 aromatic rings. The summed E-state index contributed by atoms with van der Waals surface area (Å²) >= 11 is 1.72. The van der Waals surface area contributed by atoms with Crippen molar-refractivity contribution < 1.29 is 38.4 Å². The van der Waals surface area contributed by atoms with Crippen molar-refractivity contribution in [2.45, 2.75) is 72.2 Å². The van der Waals surface area contributed by atoms with Gasteiger partial charge in [-0.1, -0.05) is 110 Å². The van der Waals surface area contributed by atoms with Crippen LogP contribution in [0.3, 0.4) is 0 Å². The summed E-state index contributed by atoms with van der Waals surface area (Å²) in [6.45, 7) is 3.22. The summed E-state index contributed by atoms with van der Waals surface area (Å²) in [4.78, 5) is 27.4. The van der Waals surface area contributed by atoms with Crippen LogP contribution in [-0.2, 0) is 30.1 Å². The zero-order chi connectivity index (χ0) is 44.4. The van der Waals surface area contributed by atoms with Crippen LogP contribution in [-0.4, -0.2) is 63.7 Å². The number of carboxylic acid groups (broad SMARTS) is 1. The number of hydrogen-bond donors (Lipinski definition) is 1. The Hall–Kier alpha value is -6.23. The van der Waals surface area contributed by atoms with Gasteiger partial charge in [0.1, 0.15) is 30.5 Å². The third-order valence-corrected chi connectivity index (χ3v) is 14.6. The number of ether oxygens (including phenoxy) is 5. The van der Waals surface area contributed by atoms with E-state index in [4.69, 9.17) is 28.8 Å². The van der Waals surface area contributed by atoms with Crippen molar-refractivity contribution in [2.24, 2.45) is 0 Å². The van der Waals surface area contributed by atoms with E-state index >= 15 is 0 Å². The number of carbonyl (C=O) groups excluding carboxylic acids is 1. The van der Waals surface area contributed by atoms with Crippen LogP contribution in [0.4, 0.5) is 5.69 Å². The molecule has 332 valence electrons. The van der Waals surface area contributed by atoms with Gasteiger partial charge in [-0.25, -0.2) is 0 Å². The zero-order valence-corrected chi connectivity index (χ0v) is 37.5. The highest BCUT2D eigenvalue weighted by Crippen LogP contribution is 2.62. The lowest BCUT2D eigenvalue weighted by Crippen LogP contribution is -2.37. The van der Waals surface area contributed by atoms with Crippen LogP contribution >= 0.6 is 11.8 Å². The summed E-state index contributed by atoms with van der Waals surface area (Å²) < 4.78 is 30.9. The first-order chi connectivity index (χ1) is 31.9. The minimum Gasteiger partial charge on any atom is -0.496 e. The number of nitrogens with zero attached hydrogens (tertiary/aromatic N) is 1. The fourth-order valence-electron chi connectivity index (χ4n) is 10.5. The first kappa shape index (κ1) is 42.7. The number of rotatable bonds is 13. The molecule has 0 amide bonds. The van der Waals surface area contributed by atoms with Crippen LogP contribution in [0.5, 0.6) is 17.2 Å². The van der Waals surface area contributed by atoms with Crippen LogP contribution in [0, 0.1) is 0 Å². The van der Waals surface area contributed by atoms with E-state index in [0.717, 1.165) is 80.4 Å². The minimum atomic E-state index is -1.04. The van der Waals surface area contributed by atoms with Gasteiger partial charge in [0.2, 0.25) is 0 Å². The molecule has 1 spiro atoms. The Balaban J connectivity index is 1.12. The van der Waals surface area contributed by atoms with Gasteiger partial charge < -0.3 is 33.7 Å². The van der Waals surface area contributed by atoms with Crippen LogP contribution in [0.2, 0.25) is 0 Å². The summed E-state index contributed by atoms with van der Waals surface area (Å²) in [5.41, 5.74) is 8.44. The molecule has 6 aromatic carbocycles. The number of carboxylic acids is 1. The number of carbonyl (C=O) groups is 2. The molecule has 1 atom stereocenters. The van der Waals surface area contributed by atoms with Crippen molar-refractivity contribution in [3.63, 3.8) is 0 Å². The molecule has 9 nitrogen and oxygen atoms in total. The predicted molar refractivity (Wildman–Crippen MR) is 255 cm³/mol. The topological polar surface area (TPSA) is 104 Å². The summed E-state index contributed by atoms with van der Waals surface area (Å²) in [5.74, 6) is 0.636. The minimum absolute atomic E-state index is 0.0139. The van der Waals surface area contributed by atoms with E-state index in [2.05, 4.69) is 102 Å². The summed E-state index contributed by atoms with van der Waals surface area (Å²) in [5, 5.41) is 11.1. The van der Waals surface area contributed by atoms with Crippen molar-refractivity contribution in [2.75, 3.05) is 51.5 Å². The van der Waals surface area contributed by atoms with Gasteiger partial charge in [-0.2, -0.15) is 0 Å². The molecule has 4 aliphatic rings. The quantitative estimate of drug-likeness (QED) is 0.0890. The molecule has 1 saturated heterocycles. The van der Waals surface area contributed by atoms with Crippen LogP contribution < -0.4 is 19.1 Å². The SMILES string of the molecule is COc1cc2c3c(c4c(c2cc1Sc1ccccc1)-c1ccccc1C41CCCCCC1)C=CC(c1ccc(OCCOC(=O)CCC(=O)O)cc1)(c1ccc(N2CCOCC2)cc1)O3. The van der Waals surface area contributed by atoms with E-state index in [1.54, 1.807) is 18.9 Å². The van der Waals surface area contributed by atoms with Crippen molar-refractivity contribution in [1.82, 2.24) is 0 Å². The molecule has 2 fully saturated rings. The molecule has 0 radical (unpaired) electrons. The maximum absolute atomic E-state index is 12.0. The largest absolute Gasteiger partial charge is 0.496 e. The summed E-state index contributed by atoms with van der Waals surface area (Å²) in [6, 6.07) is 40.8. The van der Waals surface area contributed by atoms with Gasteiger partial charge in [-0.3, -0.25) is 9.59 Å². The van der Waals surface area contributed by atoms with E-state index in [1.807, 2.05) is 30.3 Å². The molecule has 65 heavy (non-hydrogen) atoms. The highest BCUT2D eigenvalue weighted by atomic mass is 32.2. The predicted octanol–water partition coefficient (Wildman–Crippen LogP) is 11.6. The second-order valence-electron chi connectivity index (χ2n) is 17.3. The Morgan fingerprint density at radius 3 is 2.22 bits per heavy atom. The van der Waals surface area contributed by atoms with Crippen LogP contribution in [0.1, 0.15) is 79.2 Å². The molecule has 2 aliphatic carbocycles. The lowest BCUT2D eigenvalue weighted by atomic mass is 9.70. The molecule has 10 rings (SSSR count). The second kappa shape index (κ2) is 18.3. The smallest absolute Gasteiger partial charge is 0.306 e. The number of aliphatic carboxylic acids is 1. The molecule has 0 bridgehead atoms. The van der Waals surface area contributed by atoms with Gasteiger partial charge in [0, 0.05) is 51.2 Å². The van der Waals surface area contributed by atoms with E-state index < -0.39 is 17.5 Å². The molecule has 1 N–H and O–H groups in total. The van der Waals surface area contributed by atoms with E-state index in [1.165, 1.54) is 47.9 Å². The van der Waals surface area contributed by atoms with Gasteiger partial charge in [0.25, 0.3) is 0 Å². The van der Waals surface area contributed by atoms with Crippen molar-refractivity contribution in [3.8, 4) is 28.4 Å². The Labute approximate surface area is 384 Å². The Bertz CT molecular complexity index is 2740. The lowest BCUT2D eigenvalue weighted by Gasteiger charge is -2.40. The molecule has 2 aliphatic heterocycles. The highest BCUT2D eigenvalue weighted by Gasteiger charge is 2.48. The van der Waals surface area contributed by atoms with Crippen molar-refractivity contribution in [1.29, 1.82) is 0 Å². The molecular formula is C55H53NO8S. The van der Waals surface area contributed by atoms with E-state index in [0.29, 0.717) is 19.0 Å². The fourth-order valence-corrected chi connectivity index (χ4v) is 11.5. The molecule has 1 unspecified atom stereocenters. The standard InChI is InChI=1S/C55H53NO8S/c1-60-47-35-45-44(36-48(47)65-41-11-5-4-6-12-41)51-42-13-7-8-14-46(42)54(26-9-2-3-10-27-54)52(51)43-25-28-55(64-53(43)45,37-15-19-39(20-16-37)56-29-31-61-32-30-56)38-17-21-40(22-18-38)62-33-34-63-50(59)24-23-49(57)58/h4-8,11-22,25,28,35-36H,2-3,9-10,23-24,26-27,29-34H2,1H3,(H,57,58). The third-order valence-electron chi connectivity index (χ3n) is 13.6. The number of benzene rings is 6. The zero-order valence-electron chi connectivity index (χ0n) is 36.7. The van der Waals surface area contributed by atoms with Gasteiger partial charge in [-0.05, 0) is 95.1 Å². The van der Waals surface area contributed by atoms with Crippen LogP contribution in [0.15, 0.2) is 131 Å². The maximum atomic E-state index is 12.0. The van der Waals surface area contributed by atoms with Gasteiger partial charge in [0.15, 0.2) is 5.60 Å². The third kappa shape index (κ3) is 8.12. The fraction of sp³-hybridized carbons (Fsp3) is 0.309. The number of esters is 1. The van der Waals surface area contributed by atoms with Gasteiger partial charge >= 0.3 is 11.9 Å². The Morgan fingerprint density at radius 1 is 0.785 bits per heavy atom. The van der Waals surface area contributed by atoms with Gasteiger partial charge in [0.05, 0.1) is 38.1 Å². The van der Waals surface area contributed by atoms with Crippen LogP contribution in [0.25, 0.3) is 28.0 Å². The maximum Gasteiger partial charge on any atom is 0.306 e. The number of fused-ring (bicyclic) bond motifs is 10. The average molecular weight is 888 g/mol. The number of morpholine rings is 1. The van der Waals surface area contributed by atoms with Crippen molar-refractivity contribution in [3.05, 3.63) is 149 Å².